The predicted octanol–water partition coefficient (Wildman–Crippen LogP) is 3.67. The fourth-order valence-corrected chi connectivity index (χ4v) is 3.40. The van der Waals surface area contributed by atoms with E-state index < -0.39 is 5.82 Å². The number of nitrogens with one attached hydrogen (secondary N) is 1. The van der Waals surface area contributed by atoms with Gasteiger partial charge in [0.25, 0.3) is 5.91 Å². The van der Waals surface area contributed by atoms with Gasteiger partial charge >= 0.3 is 0 Å². The summed E-state index contributed by atoms with van der Waals surface area (Å²) in [5, 5.41) is 2.80. The number of piperazine rings is 1. The molecule has 5 nitrogen and oxygen atoms in total. The van der Waals surface area contributed by atoms with E-state index in [4.69, 9.17) is 4.74 Å². The zero-order valence-corrected chi connectivity index (χ0v) is 17.1. The van der Waals surface area contributed by atoms with Gasteiger partial charge in [0, 0.05) is 42.0 Å². The summed E-state index contributed by atoms with van der Waals surface area (Å²) in [5.41, 5.74) is 3.00. The molecule has 2 aromatic carbocycles. The van der Waals surface area contributed by atoms with Gasteiger partial charge in [-0.2, -0.15) is 0 Å². The van der Waals surface area contributed by atoms with E-state index in [2.05, 4.69) is 38.1 Å². The van der Waals surface area contributed by atoms with Crippen molar-refractivity contribution in [2.24, 2.45) is 0 Å². The third-order valence-electron chi connectivity index (χ3n) is 4.58. The van der Waals surface area contributed by atoms with Gasteiger partial charge in [-0.25, -0.2) is 4.39 Å². The Morgan fingerprint density at radius 2 is 1.93 bits per heavy atom. The van der Waals surface area contributed by atoms with Crippen molar-refractivity contribution in [3.63, 3.8) is 0 Å². The molecule has 7 heteroatoms. The van der Waals surface area contributed by atoms with Crippen LogP contribution < -0.4 is 15.0 Å². The Bertz CT molecular complexity index is 823. The van der Waals surface area contributed by atoms with Crippen LogP contribution in [0.25, 0.3) is 0 Å². The maximum absolute atomic E-state index is 13.7. The second-order valence-electron chi connectivity index (χ2n) is 6.70. The fourth-order valence-electron chi connectivity index (χ4n) is 3.07. The molecule has 1 heterocycles. The van der Waals surface area contributed by atoms with Crippen molar-refractivity contribution in [1.82, 2.24) is 4.90 Å². The van der Waals surface area contributed by atoms with Crippen LogP contribution >= 0.6 is 15.9 Å². The number of likely N-dealkylation sites (N-methyl/N-ethyl adjacent to an activating group) is 1. The maximum atomic E-state index is 13.7. The molecule has 0 bridgehead atoms. The highest BCUT2D eigenvalue weighted by Crippen LogP contribution is 2.25. The molecular formula is C20H23BrFN3O2. The molecule has 1 N–H and O–H groups in total. The fraction of sp³-hybridized carbons (Fsp3) is 0.350. The van der Waals surface area contributed by atoms with Crippen LogP contribution in [-0.2, 0) is 4.79 Å². The van der Waals surface area contributed by atoms with E-state index in [1.54, 1.807) is 6.07 Å². The zero-order chi connectivity index (χ0) is 19.4. The molecule has 2 aromatic rings. The van der Waals surface area contributed by atoms with Gasteiger partial charge < -0.3 is 19.9 Å². The summed E-state index contributed by atoms with van der Waals surface area (Å²) in [6.07, 6.45) is 0. The van der Waals surface area contributed by atoms with E-state index in [-0.39, 0.29) is 18.3 Å². The number of hydrogen-bond donors (Lipinski definition) is 1. The van der Waals surface area contributed by atoms with E-state index in [1.165, 1.54) is 17.8 Å². The van der Waals surface area contributed by atoms with E-state index in [9.17, 15) is 9.18 Å². The lowest BCUT2D eigenvalue weighted by Crippen LogP contribution is -2.44. The highest BCUT2D eigenvalue weighted by atomic mass is 79.9. The summed E-state index contributed by atoms with van der Waals surface area (Å²) in [6.45, 7) is 5.86. The number of hydrogen-bond acceptors (Lipinski definition) is 4. The first kappa shape index (κ1) is 19.6. The number of ether oxygens (including phenoxy) is 1. The minimum absolute atomic E-state index is 0.0509. The number of carbonyl (C=O) groups is 1. The SMILES string of the molecule is Cc1cc(NC(=O)COc2ccc(Br)cc2F)ccc1N1CCN(C)CC1. The highest BCUT2D eigenvalue weighted by Gasteiger charge is 2.16. The van der Waals surface area contributed by atoms with Gasteiger partial charge in [0.15, 0.2) is 18.2 Å². The minimum Gasteiger partial charge on any atom is -0.481 e. The average Bonchev–Trinajstić information content (AvgIpc) is 2.62. The molecule has 1 aliphatic rings. The van der Waals surface area contributed by atoms with Crippen LogP contribution in [0.4, 0.5) is 15.8 Å². The Labute approximate surface area is 167 Å². The second kappa shape index (κ2) is 8.71. The number of carbonyl (C=O) groups excluding carboxylic acids is 1. The average molecular weight is 436 g/mol. The van der Waals surface area contributed by atoms with Crippen LogP contribution in [0.1, 0.15) is 5.56 Å². The van der Waals surface area contributed by atoms with Gasteiger partial charge in [-0.3, -0.25) is 4.79 Å². The molecule has 3 rings (SSSR count). The van der Waals surface area contributed by atoms with Crippen LogP contribution in [0.5, 0.6) is 5.75 Å². The van der Waals surface area contributed by atoms with Crippen molar-refractivity contribution in [1.29, 1.82) is 0 Å². The molecule has 0 atom stereocenters. The Kier molecular flexibility index (Phi) is 6.34. The van der Waals surface area contributed by atoms with Gasteiger partial charge in [0.1, 0.15) is 0 Å². The van der Waals surface area contributed by atoms with E-state index in [0.29, 0.717) is 10.2 Å². The van der Waals surface area contributed by atoms with Crippen molar-refractivity contribution >= 4 is 33.2 Å². The third kappa shape index (κ3) is 5.20. The molecule has 0 spiro atoms. The molecule has 144 valence electrons. The summed E-state index contributed by atoms with van der Waals surface area (Å²) < 4.78 is 19.6. The largest absolute Gasteiger partial charge is 0.481 e. The molecule has 1 saturated heterocycles. The molecule has 0 saturated carbocycles. The van der Waals surface area contributed by atoms with Gasteiger partial charge in [0.05, 0.1) is 0 Å². The molecule has 1 aliphatic heterocycles. The first-order valence-corrected chi connectivity index (χ1v) is 9.63. The third-order valence-corrected chi connectivity index (χ3v) is 5.07. The summed E-state index contributed by atoms with van der Waals surface area (Å²) in [5.74, 6) is -0.788. The van der Waals surface area contributed by atoms with Gasteiger partial charge in [-0.1, -0.05) is 15.9 Å². The first-order valence-electron chi connectivity index (χ1n) is 8.84. The predicted molar refractivity (Wildman–Crippen MR) is 109 cm³/mol. The molecule has 0 radical (unpaired) electrons. The Hall–Kier alpha value is -2.12. The molecule has 27 heavy (non-hydrogen) atoms. The number of aryl methyl sites for hydroxylation is 1. The van der Waals surface area contributed by atoms with E-state index in [1.807, 2.05) is 25.1 Å². The molecule has 1 amide bonds. The van der Waals surface area contributed by atoms with Crippen molar-refractivity contribution < 1.29 is 13.9 Å². The number of halogens is 2. The smallest absolute Gasteiger partial charge is 0.262 e. The number of rotatable bonds is 5. The van der Waals surface area contributed by atoms with E-state index in [0.717, 1.165) is 31.7 Å². The highest BCUT2D eigenvalue weighted by molar-refractivity contribution is 9.10. The summed E-state index contributed by atoms with van der Waals surface area (Å²) in [6, 6.07) is 10.3. The van der Waals surface area contributed by atoms with Gasteiger partial charge in [0.2, 0.25) is 0 Å². The molecule has 1 fully saturated rings. The summed E-state index contributed by atoms with van der Waals surface area (Å²) in [4.78, 5) is 16.8. The van der Waals surface area contributed by atoms with Crippen LogP contribution in [0.2, 0.25) is 0 Å². The van der Waals surface area contributed by atoms with Crippen LogP contribution in [0.3, 0.4) is 0 Å². The molecule has 0 aliphatic carbocycles. The monoisotopic (exact) mass is 435 g/mol. The zero-order valence-electron chi connectivity index (χ0n) is 15.5. The molecule has 0 aromatic heterocycles. The molecular weight excluding hydrogens is 413 g/mol. The van der Waals surface area contributed by atoms with Crippen molar-refractivity contribution in [3.05, 3.63) is 52.3 Å². The van der Waals surface area contributed by atoms with Crippen molar-refractivity contribution in [2.45, 2.75) is 6.92 Å². The number of anilines is 2. The van der Waals surface area contributed by atoms with Gasteiger partial charge in [-0.05, 0) is 55.9 Å². The number of nitrogens with zero attached hydrogens (tertiary/aromatic N) is 2. The quantitative estimate of drug-likeness (QED) is 0.777. The van der Waals surface area contributed by atoms with Crippen molar-refractivity contribution in [3.8, 4) is 5.75 Å². The normalized spacial score (nSPS) is 14.9. The lowest BCUT2D eigenvalue weighted by atomic mass is 10.1. The summed E-state index contributed by atoms with van der Waals surface area (Å²) in [7, 11) is 2.13. The minimum atomic E-state index is -0.510. The Morgan fingerprint density at radius 3 is 2.59 bits per heavy atom. The number of benzene rings is 2. The summed E-state index contributed by atoms with van der Waals surface area (Å²) >= 11 is 3.18. The standard InChI is InChI=1S/C20H23BrFN3O2/c1-14-11-16(4-5-18(14)25-9-7-24(2)8-10-25)23-20(26)13-27-19-6-3-15(21)12-17(19)22/h3-6,11-12H,7-10,13H2,1-2H3,(H,23,26). The van der Waals surface area contributed by atoms with Crippen molar-refractivity contribution in [2.75, 3.05) is 50.1 Å². The Balaban J connectivity index is 1.57. The second-order valence-corrected chi connectivity index (χ2v) is 7.62. The number of amides is 1. The van der Waals surface area contributed by atoms with Crippen LogP contribution in [0, 0.1) is 12.7 Å². The lowest BCUT2D eigenvalue weighted by molar-refractivity contribution is -0.118. The first-order chi connectivity index (χ1) is 12.9. The van der Waals surface area contributed by atoms with Crippen LogP contribution in [-0.4, -0.2) is 50.6 Å². The Morgan fingerprint density at radius 1 is 1.19 bits per heavy atom. The maximum Gasteiger partial charge on any atom is 0.262 e. The van der Waals surface area contributed by atoms with E-state index >= 15 is 0 Å². The molecule has 0 unspecified atom stereocenters. The lowest BCUT2D eigenvalue weighted by Gasteiger charge is -2.35. The van der Waals surface area contributed by atoms with Gasteiger partial charge in [-0.15, -0.1) is 0 Å². The topological polar surface area (TPSA) is 44.8 Å². The van der Waals surface area contributed by atoms with Crippen LogP contribution in [0.15, 0.2) is 40.9 Å².